The number of likely N-dealkylation sites (tertiary alicyclic amines) is 1. The molecule has 0 aliphatic carbocycles. The van der Waals surface area contributed by atoms with Crippen LogP contribution in [0.2, 0.25) is 0 Å². The maximum atomic E-state index is 12.1. The Kier molecular flexibility index (Phi) is 5.50. The normalized spacial score (nSPS) is 18.5. The quantitative estimate of drug-likeness (QED) is 0.837. The third kappa shape index (κ3) is 4.46. The summed E-state index contributed by atoms with van der Waals surface area (Å²) in [5.74, 6) is 0. The Morgan fingerprint density at radius 3 is 2.55 bits per heavy atom. The summed E-state index contributed by atoms with van der Waals surface area (Å²) in [6, 6.07) is 5.26. The number of amides is 1. The number of carbonyl (C=O) groups excluding carboxylic acids is 1. The maximum absolute atomic E-state index is 12.1. The largest absolute Gasteiger partial charge is 0.444 e. The molecule has 1 saturated heterocycles. The molecule has 0 aromatic carbocycles. The number of rotatable bonds is 3. The van der Waals surface area contributed by atoms with Gasteiger partial charge in [-0.1, -0.05) is 6.07 Å². The number of carbonyl (C=O) groups is 1. The van der Waals surface area contributed by atoms with Gasteiger partial charge in [-0.2, -0.15) is 0 Å². The van der Waals surface area contributed by atoms with Crippen molar-refractivity contribution < 1.29 is 9.53 Å². The van der Waals surface area contributed by atoms with Crippen LogP contribution in [0.1, 0.15) is 51.5 Å². The van der Waals surface area contributed by atoms with Gasteiger partial charge >= 0.3 is 6.09 Å². The van der Waals surface area contributed by atoms with E-state index >= 15 is 0 Å². The third-order valence-electron chi connectivity index (χ3n) is 4.26. The molecule has 0 saturated carbocycles. The van der Waals surface area contributed by atoms with Crippen LogP contribution in [0.4, 0.5) is 4.79 Å². The van der Waals surface area contributed by atoms with Crippen LogP contribution in [0.3, 0.4) is 0 Å². The molecule has 0 bridgehead atoms. The molecular weight excluding hydrogens is 296 g/mol. The molecule has 1 amide bonds. The van der Waals surface area contributed by atoms with Crippen molar-refractivity contribution in [3.63, 3.8) is 0 Å². The molecular formula is C17H28N2O2S. The Bertz CT molecular complexity index is 473. The minimum Gasteiger partial charge on any atom is -0.444 e. The number of piperidine rings is 1. The molecule has 1 fully saturated rings. The van der Waals surface area contributed by atoms with Gasteiger partial charge in [0.15, 0.2) is 0 Å². The van der Waals surface area contributed by atoms with Crippen LogP contribution < -0.4 is 0 Å². The Morgan fingerprint density at radius 2 is 2.05 bits per heavy atom. The van der Waals surface area contributed by atoms with E-state index in [9.17, 15) is 4.79 Å². The van der Waals surface area contributed by atoms with Gasteiger partial charge in [0.25, 0.3) is 0 Å². The highest BCUT2D eigenvalue weighted by Gasteiger charge is 2.30. The fraction of sp³-hybridized carbons (Fsp3) is 0.706. The van der Waals surface area contributed by atoms with E-state index in [2.05, 4.69) is 36.4 Å². The number of hydrogen-bond donors (Lipinski definition) is 0. The zero-order chi connectivity index (χ0) is 16.3. The fourth-order valence-corrected chi connectivity index (χ4v) is 3.66. The lowest BCUT2D eigenvalue weighted by Crippen LogP contribution is -2.47. The summed E-state index contributed by atoms with van der Waals surface area (Å²) in [6.45, 7) is 9.55. The van der Waals surface area contributed by atoms with Gasteiger partial charge in [-0.25, -0.2) is 4.79 Å². The van der Waals surface area contributed by atoms with Crippen molar-refractivity contribution in [1.29, 1.82) is 0 Å². The predicted molar refractivity (Wildman–Crippen MR) is 91.3 cm³/mol. The minimum atomic E-state index is -0.418. The molecule has 1 aromatic rings. The molecule has 1 aliphatic rings. The van der Waals surface area contributed by atoms with Crippen molar-refractivity contribution in [3.8, 4) is 0 Å². The predicted octanol–water partition coefficient (Wildman–Crippen LogP) is 4.14. The van der Waals surface area contributed by atoms with E-state index in [0.29, 0.717) is 12.1 Å². The summed E-state index contributed by atoms with van der Waals surface area (Å²) in [5.41, 5.74) is -0.418. The molecule has 1 aromatic heterocycles. The highest BCUT2D eigenvalue weighted by molar-refractivity contribution is 7.10. The summed E-state index contributed by atoms with van der Waals surface area (Å²) in [6.07, 6.45) is 1.83. The molecule has 2 rings (SSSR count). The Labute approximate surface area is 138 Å². The summed E-state index contributed by atoms with van der Waals surface area (Å²) in [7, 11) is 2.19. The first kappa shape index (κ1) is 17.3. The first-order valence-corrected chi connectivity index (χ1v) is 8.89. The van der Waals surface area contributed by atoms with Gasteiger partial charge in [-0.05, 0) is 59.0 Å². The molecule has 4 nitrogen and oxygen atoms in total. The van der Waals surface area contributed by atoms with E-state index in [1.807, 2.05) is 37.0 Å². The van der Waals surface area contributed by atoms with E-state index in [0.717, 1.165) is 25.9 Å². The second-order valence-corrected chi connectivity index (χ2v) is 8.03. The van der Waals surface area contributed by atoms with E-state index in [4.69, 9.17) is 4.74 Å². The molecule has 22 heavy (non-hydrogen) atoms. The average molecular weight is 324 g/mol. The molecule has 5 heteroatoms. The molecule has 1 unspecified atom stereocenters. The van der Waals surface area contributed by atoms with Crippen LogP contribution in [0.25, 0.3) is 0 Å². The van der Waals surface area contributed by atoms with Gasteiger partial charge in [-0.3, -0.25) is 4.90 Å². The molecule has 2 heterocycles. The van der Waals surface area contributed by atoms with Gasteiger partial charge in [0.2, 0.25) is 0 Å². The van der Waals surface area contributed by atoms with Gasteiger partial charge < -0.3 is 9.64 Å². The highest BCUT2D eigenvalue weighted by atomic mass is 32.1. The van der Waals surface area contributed by atoms with Crippen molar-refractivity contribution in [1.82, 2.24) is 9.80 Å². The van der Waals surface area contributed by atoms with Crippen molar-refractivity contribution in [2.75, 3.05) is 20.1 Å². The molecule has 124 valence electrons. The van der Waals surface area contributed by atoms with Crippen LogP contribution in [0.15, 0.2) is 17.5 Å². The SMILES string of the molecule is CC(c1cccs1)N(C)C1CCN(C(=O)OC(C)(C)C)CC1. The lowest BCUT2D eigenvalue weighted by molar-refractivity contribution is 0.0138. The van der Waals surface area contributed by atoms with Crippen LogP contribution >= 0.6 is 11.3 Å². The summed E-state index contributed by atoms with van der Waals surface area (Å²) in [5, 5.41) is 2.13. The van der Waals surface area contributed by atoms with Gasteiger partial charge in [-0.15, -0.1) is 11.3 Å². The van der Waals surface area contributed by atoms with Gasteiger partial charge in [0.05, 0.1) is 0 Å². The van der Waals surface area contributed by atoms with E-state index in [1.165, 1.54) is 4.88 Å². The molecule has 1 atom stereocenters. The maximum Gasteiger partial charge on any atom is 0.410 e. The third-order valence-corrected chi connectivity index (χ3v) is 5.30. The molecule has 0 radical (unpaired) electrons. The summed E-state index contributed by atoms with van der Waals surface area (Å²) >= 11 is 1.81. The van der Waals surface area contributed by atoms with E-state index in [-0.39, 0.29) is 6.09 Å². The smallest absolute Gasteiger partial charge is 0.410 e. The van der Waals surface area contributed by atoms with Crippen molar-refractivity contribution in [2.24, 2.45) is 0 Å². The second kappa shape index (κ2) is 7.01. The van der Waals surface area contributed by atoms with Crippen molar-refractivity contribution in [3.05, 3.63) is 22.4 Å². The minimum absolute atomic E-state index is 0.181. The van der Waals surface area contributed by atoms with Gasteiger partial charge in [0, 0.05) is 30.1 Å². The van der Waals surface area contributed by atoms with Crippen LogP contribution in [-0.4, -0.2) is 47.7 Å². The van der Waals surface area contributed by atoms with E-state index in [1.54, 1.807) is 0 Å². The first-order valence-electron chi connectivity index (χ1n) is 8.01. The summed E-state index contributed by atoms with van der Waals surface area (Å²) in [4.78, 5) is 17.8. The average Bonchev–Trinajstić information content (AvgIpc) is 2.98. The highest BCUT2D eigenvalue weighted by Crippen LogP contribution is 2.28. The summed E-state index contributed by atoms with van der Waals surface area (Å²) < 4.78 is 5.45. The Hall–Kier alpha value is -1.07. The number of thiophene rings is 1. The number of ether oxygens (including phenoxy) is 1. The van der Waals surface area contributed by atoms with Crippen LogP contribution in [0, 0.1) is 0 Å². The first-order chi connectivity index (χ1) is 10.3. The Balaban J connectivity index is 1.85. The molecule has 1 aliphatic heterocycles. The monoisotopic (exact) mass is 324 g/mol. The number of hydrogen-bond acceptors (Lipinski definition) is 4. The zero-order valence-corrected chi connectivity index (χ0v) is 15.2. The van der Waals surface area contributed by atoms with Crippen LogP contribution in [0.5, 0.6) is 0 Å². The second-order valence-electron chi connectivity index (χ2n) is 7.06. The van der Waals surface area contributed by atoms with Gasteiger partial charge in [0.1, 0.15) is 5.60 Å². The molecule has 0 N–H and O–H groups in total. The lowest BCUT2D eigenvalue weighted by Gasteiger charge is -2.39. The Morgan fingerprint density at radius 1 is 1.41 bits per heavy atom. The standard InChI is InChI=1S/C17H28N2O2S/c1-13(15-7-6-12-22-15)18(5)14-8-10-19(11-9-14)16(20)21-17(2,3)4/h6-7,12-14H,8-11H2,1-5H3. The van der Waals surface area contributed by atoms with E-state index < -0.39 is 5.60 Å². The number of nitrogens with zero attached hydrogens (tertiary/aromatic N) is 2. The zero-order valence-electron chi connectivity index (χ0n) is 14.3. The fourth-order valence-electron chi connectivity index (χ4n) is 2.83. The van der Waals surface area contributed by atoms with Crippen molar-refractivity contribution in [2.45, 2.75) is 58.2 Å². The lowest BCUT2D eigenvalue weighted by atomic mass is 10.0. The van der Waals surface area contributed by atoms with Crippen molar-refractivity contribution >= 4 is 17.4 Å². The van der Waals surface area contributed by atoms with Crippen LogP contribution in [-0.2, 0) is 4.74 Å². The topological polar surface area (TPSA) is 32.8 Å². The molecule has 0 spiro atoms.